The summed E-state index contributed by atoms with van der Waals surface area (Å²) in [5.41, 5.74) is 22.7. The second-order valence-electron chi connectivity index (χ2n) is 24.8. The first-order valence-electron chi connectivity index (χ1n) is 24.6. The Morgan fingerprint density at radius 3 is 1.43 bits per heavy atom. The van der Waals surface area contributed by atoms with E-state index in [2.05, 4.69) is 234 Å². The molecule has 6 aromatic rings. The van der Waals surface area contributed by atoms with E-state index >= 15 is 0 Å². The van der Waals surface area contributed by atoms with Gasteiger partial charge in [0.15, 0.2) is 0 Å². The van der Waals surface area contributed by atoms with Crippen molar-refractivity contribution >= 4 is 68.6 Å². The molecular weight excluding hydrogens is 786 g/mol. The van der Waals surface area contributed by atoms with Gasteiger partial charge in [-0.15, -0.1) is 0 Å². The topological polar surface area (TPSA) is 9.72 Å². The fourth-order valence-corrected chi connectivity index (χ4v) is 12.1. The summed E-state index contributed by atoms with van der Waals surface area (Å²) in [6, 6.07) is 46.1. The second kappa shape index (κ2) is 14.4. The van der Waals surface area contributed by atoms with Crippen molar-refractivity contribution in [2.24, 2.45) is 0 Å². The van der Waals surface area contributed by atoms with Gasteiger partial charge >= 0.3 is 0 Å². The first-order valence-corrected chi connectivity index (χ1v) is 24.6. The fraction of sp³-hybridized carbons (Fsp3) is 0.410. The van der Waals surface area contributed by atoms with Gasteiger partial charge in [-0.05, 0) is 159 Å². The summed E-state index contributed by atoms with van der Waals surface area (Å²) in [7, 11) is 0. The molecule has 2 unspecified atom stereocenters. The van der Waals surface area contributed by atoms with E-state index in [0.717, 1.165) is 0 Å². The van der Waals surface area contributed by atoms with Gasteiger partial charge in [0.2, 0.25) is 0 Å². The molecule has 1 aliphatic carbocycles. The molecule has 3 aliphatic heterocycles. The molecule has 0 amide bonds. The minimum Gasteiger partial charge on any atom is -0.334 e. The maximum atomic E-state index is 2.78. The Balaban J connectivity index is 1.25. The fourth-order valence-electron chi connectivity index (χ4n) is 12.1. The third kappa shape index (κ3) is 6.73. The van der Waals surface area contributed by atoms with Crippen molar-refractivity contribution in [2.45, 2.75) is 162 Å². The normalized spacial score (nSPS) is 20.3. The van der Waals surface area contributed by atoms with E-state index in [4.69, 9.17) is 0 Å². The maximum Gasteiger partial charge on any atom is 0.252 e. The Labute approximate surface area is 392 Å². The lowest BCUT2D eigenvalue weighted by Gasteiger charge is -2.50. The molecule has 0 spiro atoms. The zero-order chi connectivity index (χ0) is 46.4. The molecule has 65 heavy (non-hydrogen) atoms. The number of benzene rings is 6. The predicted octanol–water partition coefficient (Wildman–Crippen LogP) is 15.0. The zero-order valence-corrected chi connectivity index (χ0v) is 42.2. The summed E-state index contributed by atoms with van der Waals surface area (Å²) in [5, 5.41) is 0. The molecule has 3 nitrogen and oxygen atoms in total. The molecule has 0 bridgehead atoms. The smallest absolute Gasteiger partial charge is 0.252 e. The van der Waals surface area contributed by atoms with Gasteiger partial charge in [-0.1, -0.05) is 157 Å². The third-order valence-corrected chi connectivity index (χ3v) is 16.3. The first kappa shape index (κ1) is 43.7. The molecular formula is C61H72BN3. The number of hydrogen-bond donors (Lipinski definition) is 0. The van der Waals surface area contributed by atoms with Gasteiger partial charge in [0.05, 0.1) is 5.54 Å². The van der Waals surface area contributed by atoms with Crippen molar-refractivity contribution in [3.05, 3.63) is 149 Å². The number of aryl methyl sites for hydroxylation is 1. The molecule has 334 valence electrons. The van der Waals surface area contributed by atoms with Gasteiger partial charge in [-0.3, -0.25) is 0 Å². The molecule has 0 radical (unpaired) electrons. The Kier molecular flexibility index (Phi) is 9.67. The highest BCUT2D eigenvalue weighted by Crippen LogP contribution is 2.61. The van der Waals surface area contributed by atoms with Crippen LogP contribution in [0, 0.1) is 6.92 Å². The van der Waals surface area contributed by atoms with E-state index < -0.39 is 0 Å². The molecule has 1 fully saturated rings. The summed E-state index contributed by atoms with van der Waals surface area (Å²) in [4.78, 5) is 7.96. The Morgan fingerprint density at radius 1 is 0.431 bits per heavy atom. The summed E-state index contributed by atoms with van der Waals surface area (Å²) in [6.45, 7) is 35.5. The van der Waals surface area contributed by atoms with Gasteiger partial charge in [0.1, 0.15) is 0 Å². The zero-order valence-electron chi connectivity index (χ0n) is 42.2. The lowest BCUT2D eigenvalue weighted by molar-refractivity contribution is 0.195. The lowest BCUT2D eigenvalue weighted by atomic mass is 9.33. The van der Waals surface area contributed by atoms with E-state index in [0.29, 0.717) is 0 Å². The third-order valence-electron chi connectivity index (χ3n) is 16.3. The number of hydrogen-bond acceptors (Lipinski definition) is 3. The molecule has 4 aliphatic rings. The highest BCUT2D eigenvalue weighted by atomic mass is 15.3. The van der Waals surface area contributed by atoms with Crippen LogP contribution in [-0.4, -0.2) is 12.3 Å². The molecule has 4 heteroatoms. The van der Waals surface area contributed by atoms with Crippen LogP contribution in [-0.2, 0) is 27.1 Å². The van der Waals surface area contributed by atoms with Crippen LogP contribution in [0.5, 0.6) is 0 Å². The van der Waals surface area contributed by atoms with E-state index in [1.165, 1.54) is 121 Å². The van der Waals surface area contributed by atoms with Crippen LogP contribution in [0.2, 0.25) is 0 Å². The molecule has 0 N–H and O–H groups in total. The van der Waals surface area contributed by atoms with Gasteiger partial charge in [0.25, 0.3) is 6.71 Å². The first-order chi connectivity index (χ1) is 30.4. The number of anilines is 8. The second-order valence-corrected chi connectivity index (χ2v) is 24.8. The summed E-state index contributed by atoms with van der Waals surface area (Å²) >= 11 is 0. The van der Waals surface area contributed by atoms with Gasteiger partial charge in [-0.25, -0.2) is 0 Å². The van der Waals surface area contributed by atoms with Crippen LogP contribution in [0.4, 0.5) is 45.5 Å². The molecule has 0 aromatic heterocycles. The average molecular weight is 858 g/mol. The van der Waals surface area contributed by atoms with Crippen molar-refractivity contribution in [2.75, 3.05) is 14.7 Å². The van der Waals surface area contributed by atoms with Crippen LogP contribution >= 0.6 is 0 Å². The van der Waals surface area contributed by atoms with E-state index in [1.54, 1.807) is 0 Å². The van der Waals surface area contributed by atoms with Crippen LogP contribution < -0.4 is 31.1 Å². The van der Waals surface area contributed by atoms with Crippen LogP contribution in [0.15, 0.2) is 115 Å². The van der Waals surface area contributed by atoms with Crippen molar-refractivity contribution < 1.29 is 0 Å². The molecule has 3 heterocycles. The van der Waals surface area contributed by atoms with Gasteiger partial charge in [-0.2, -0.15) is 0 Å². The SMILES string of the molecule is Cc1cc2c3c(c1)N(c1ccc(C(C)(C)C)cc1)c1cc(N4c5ccc(C(C)(C)C)cc5C5(C)CCCCC45C)ccc1B3c1cc(C(C)(C)C)ccc1N2c1ccc(C(C)(C)C)cc1. The quantitative estimate of drug-likeness (QED) is 0.164. The lowest BCUT2D eigenvalue weighted by Crippen LogP contribution is -2.61. The largest absolute Gasteiger partial charge is 0.334 e. The molecule has 0 saturated heterocycles. The summed E-state index contributed by atoms with van der Waals surface area (Å²) in [5.74, 6) is 0. The minimum atomic E-state index is -0.0596. The van der Waals surface area contributed by atoms with Crippen LogP contribution in [0.3, 0.4) is 0 Å². The summed E-state index contributed by atoms with van der Waals surface area (Å²) < 4.78 is 0. The van der Waals surface area contributed by atoms with Crippen LogP contribution in [0.1, 0.15) is 156 Å². The van der Waals surface area contributed by atoms with E-state index in [-0.39, 0.29) is 39.3 Å². The van der Waals surface area contributed by atoms with Gasteiger partial charge in [0, 0.05) is 50.9 Å². The molecule has 6 aromatic carbocycles. The molecule has 2 atom stereocenters. The van der Waals surface area contributed by atoms with Crippen molar-refractivity contribution in [1.82, 2.24) is 0 Å². The number of fused-ring (bicyclic) bond motifs is 7. The highest BCUT2D eigenvalue weighted by molar-refractivity contribution is 7.00. The molecule has 10 rings (SSSR count). The monoisotopic (exact) mass is 858 g/mol. The Morgan fingerprint density at radius 2 is 0.892 bits per heavy atom. The number of rotatable bonds is 3. The average Bonchev–Trinajstić information content (AvgIpc) is 3.44. The maximum absolute atomic E-state index is 2.78. The van der Waals surface area contributed by atoms with Gasteiger partial charge < -0.3 is 14.7 Å². The van der Waals surface area contributed by atoms with E-state index in [1.807, 2.05) is 0 Å². The Hall–Kier alpha value is -5.22. The molecule has 1 saturated carbocycles. The number of nitrogens with zero attached hydrogens (tertiary/aromatic N) is 3. The minimum absolute atomic E-state index is 0.00905. The standard InChI is InChI=1S/C61H72BN3/c1-39-34-53-55-54(35-39)64(45-26-20-41(21-27-45)57(5,6)7)52-38-46(65-50-30-22-42(58(8,9)10)36-47(50)60(14)32-16-17-33-61(60,65)15)28-29-48(52)62(55)49-37-43(59(11,12)13)23-31-51(49)63(53)44-24-18-40(19-25-44)56(2,3)4/h18-31,34-38H,16-17,32-33H2,1-15H3. The van der Waals surface area contributed by atoms with Crippen LogP contribution in [0.25, 0.3) is 0 Å². The Bertz CT molecular complexity index is 2860. The van der Waals surface area contributed by atoms with Crippen molar-refractivity contribution in [3.63, 3.8) is 0 Å². The highest BCUT2D eigenvalue weighted by Gasteiger charge is 2.58. The van der Waals surface area contributed by atoms with Crippen molar-refractivity contribution in [1.29, 1.82) is 0 Å². The predicted molar refractivity (Wildman–Crippen MR) is 283 cm³/mol. The van der Waals surface area contributed by atoms with Crippen molar-refractivity contribution in [3.8, 4) is 0 Å². The summed E-state index contributed by atoms with van der Waals surface area (Å²) in [6.07, 6.45) is 4.90. The van der Waals surface area contributed by atoms with E-state index in [9.17, 15) is 0 Å².